The van der Waals surface area contributed by atoms with Crippen LogP contribution in [0.4, 0.5) is 5.69 Å². The van der Waals surface area contributed by atoms with Gasteiger partial charge < -0.3 is 19.7 Å². The summed E-state index contributed by atoms with van der Waals surface area (Å²) < 4.78 is 13.6. The van der Waals surface area contributed by atoms with Gasteiger partial charge in [0.2, 0.25) is 11.8 Å². The molecule has 0 aliphatic carbocycles. The number of rotatable bonds is 5. The van der Waals surface area contributed by atoms with Crippen molar-refractivity contribution in [1.29, 1.82) is 0 Å². The number of benzene rings is 1. The van der Waals surface area contributed by atoms with Crippen LogP contribution in [-0.4, -0.2) is 59.5 Å². The molecule has 0 radical (unpaired) electrons. The van der Waals surface area contributed by atoms with Crippen molar-refractivity contribution < 1.29 is 14.3 Å². The Labute approximate surface area is 181 Å². The Balaban J connectivity index is 1.44. The second kappa shape index (κ2) is 8.19. The normalized spacial score (nSPS) is 20.1. The van der Waals surface area contributed by atoms with E-state index in [4.69, 9.17) is 14.5 Å². The fourth-order valence-electron chi connectivity index (χ4n) is 4.24. The molecule has 8 nitrogen and oxygen atoms in total. The molecule has 2 aromatic heterocycles. The van der Waals surface area contributed by atoms with E-state index in [1.165, 1.54) is 5.69 Å². The van der Waals surface area contributed by atoms with Crippen molar-refractivity contribution in [1.82, 2.24) is 19.9 Å². The molecule has 8 heteroatoms. The van der Waals surface area contributed by atoms with Gasteiger partial charge in [0.05, 0.1) is 31.3 Å². The minimum atomic E-state index is -0.136. The van der Waals surface area contributed by atoms with E-state index < -0.39 is 0 Å². The summed E-state index contributed by atoms with van der Waals surface area (Å²) in [7, 11) is 0. The SMILES string of the molecule is Cc1cnn2cc(-c3ccc(N4CCOCC4)cc3)nc(OC(C)[C@H]3CNC(=O)C3)c12. The molecular formula is C23H27N5O3. The Kier molecular flexibility index (Phi) is 5.23. The molecule has 5 rings (SSSR count). The van der Waals surface area contributed by atoms with Gasteiger partial charge in [0, 0.05) is 48.8 Å². The quantitative estimate of drug-likeness (QED) is 0.682. The van der Waals surface area contributed by atoms with Crippen molar-refractivity contribution in [2.45, 2.75) is 26.4 Å². The zero-order chi connectivity index (χ0) is 21.4. The smallest absolute Gasteiger partial charge is 0.241 e. The Morgan fingerprint density at radius 3 is 2.71 bits per heavy atom. The number of hydrogen-bond acceptors (Lipinski definition) is 6. The summed E-state index contributed by atoms with van der Waals surface area (Å²) in [5, 5.41) is 7.36. The van der Waals surface area contributed by atoms with Gasteiger partial charge in [0.1, 0.15) is 11.6 Å². The molecule has 3 aromatic rings. The maximum absolute atomic E-state index is 11.6. The molecule has 1 aromatic carbocycles. The predicted octanol–water partition coefficient (Wildman–Crippen LogP) is 2.44. The van der Waals surface area contributed by atoms with E-state index in [2.05, 4.69) is 39.6 Å². The maximum Gasteiger partial charge on any atom is 0.241 e. The number of carbonyl (C=O) groups is 1. The van der Waals surface area contributed by atoms with Gasteiger partial charge in [-0.1, -0.05) is 12.1 Å². The van der Waals surface area contributed by atoms with Gasteiger partial charge in [0.15, 0.2) is 0 Å². The first-order chi connectivity index (χ1) is 15.1. The van der Waals surface area contributed by atoms with E-state index in [1.807, 2.05) is 30.8 Å². The van der Waals surface area contributed by atoms with Gasteiger partial charge in [-0.2, -0.15) is 5.10 Å². The van der Waals surface area contributed by atoms with Crippen LogP contribution in [0, 0.1) is 12.8 Å². The number of carbonyl (C=O) groups excluding carboxylic acids is 1. The number of anilines is 1. The monoisotopic (exact) mass is 421 g/mol. The van der Waals surface area contributed by atoms with Gasteiger partial charge in [0.25, 0.3) is 0 Å². The summed E-state index contributed by atoms with van der Waals surface area (Å²) in [6.07, 6.45) is 4.10. The van der Waals surface area contributed by atoms with Crippen LogP contribution in [0.1, 0.15) is 18.9 Å². The maximum atomic E-state index is 11.6. The van der Waals surface area contributed by atoms with E-state index in [0.29, 0.717) is 18.8 Å². The minimum absolute atomic E-state index is 0.0770. The molecule has 2 aliphatic rings. The number of aryl methyl sites for hydroxylation is 1. The van der Waals surface area contributed by atoms with Crippen LogP contribution < -0.4 is 15.0 Å². The highest BCUT2D eigenvalue weighted by Gasteiger charge is 2.29. The lowest BCUT2D eigenvalue weighted by Crippen LogP contribution is -2.36. The number of fused-ring (bicyclic) bond motifs is 1. The fraction of sp³-hybridized carbons (Fsp3) is 0.435. The average Bonchev–Trinajstić information content (AvgIpc) is 3.40. The minimum Gasteiger partial charge on any atom is -0.473 e. The standard InChI is InChI=1S/C23H27N5O3/c1-15-12-25-28-14-20(17-3-5-19(6-4-17)27-7-9-30-10-8-27)26-23(22(15)28)31-16(2)18-11-21(29)24-13-18/h3-6,12,14,16,18H,7-11,13H2,1-2H3,(H,24,29)/t16?,18-/m1/s1. The molecule has 0 bridgehead atoms. The van der Waals surface area contributed by atoms with Gasteiger partial charge in [-0.3, -0.25) is 4.79 Å². The first kappa shape index (κ1) is 19.8. The molecule has 0 spiro atoms. The van der Waals surface area contributed by atoms with Gasteiger partial charge in [-0.25, -0.2) is 9.50 Å². The second-order valence-electron chi connectivity index (χ2n) is 8.29. The number of amides is 1. The van der Waals surface area contributed by atoms with Crippen LogP contribution in [0.25, 0.3) is 16.8 Å². The summed E-state index contributed by atoms with van der Waals surface area (Å²) in [4.78, 5) is 18.8. The lowest BCUT2D eigenvalue weighted by molar-refractivity contribution is -0.119. The van der Waals surface area contributed by atoms with Gasteiger partial charge >= 0.3 is 0 Å². The predicted molar refractivity (Wildman–Crippen MR) is 117 cm³/mol. The Hall–Kier alpha value is -3.13. The number of aromatic nitrogens is 3. The Bertz CT molecular complexity index is 1090. The molecule has 1 amide bonds. The van der Waals surface area contributed by atoms with E-state index in [1.54, 1.807) is 0 Å². The lowest BCUT2D eigenvalue weighted by atomic mass is 10.0. The highest BCUT2D eigenvalue weighted by atomic mass is 16.5. The van der Waals surface area contributed by atoms with Crippen LogP contribution in [-0.2, 0) is 9.53 Å². The molecular weight excluding hydrogens is 394 g/mol. The van der Waals surface area contributed by atoms with Gasteiger partial charge in [-0.15, -0.1) is 0 Å². The molecule has 4 heterocycles. The van der Waals surface area contributed by atoms with Crippen molar-refractivity contribution in [2.75, 3.05) is 37.7 Å². The highest BCUT2D eigenvalue weighted by Crippen LogP contribution is 2.30. The number of morpholine rings is 1. The van der Waals surface area contributed by atoms with Crippen molar-refractivity contribution in [3.05, 3.63) is 42.2 Å². The molecule has 0 saturated carbocycles. The van der Waals surface area contributed by atoms with Crippen LogP contribution in [0.3, 0.4) is 0 Å². The summed E-state index contributed by atoms with van der Waals surface area (Å²) in [5.74, 6) is 0.763. The summed E-state index contributed by atoms with van der Waals surface area (Å²) in [6, 6.07) is 8.42. The van der Waals surface area contributed by atoms with Crippen LogP contribution >= 0.6 is 0 Å². The van der Waals surface area contributed by atoms with Crippen molar-refractivity contribution >= 4 is 17.1 Å². The number of nitrogens with one attached hydrogen (secondary N) is 1. The van der Waals surface area contributed by atoms with Gasteiger partial charge in [-0.05, 0) is 26.0 Å². The first-order valence-electron chi connectivity index (χ1n) is 10.8. The molecule has 2 atom stereocenters. The molecule has 1 unspecified atom stereocenters. The van der Waals surface area contributed by atoms with Crippen molar-refractivity contribution in [3.63, 3.8) is 0 Å². The van der Waals surface area contributed by atoms with Crippen LogP contribution in [0.15, 0.2) is 36.7 Å². The number of nitrogens with zero attached hydrogens (tertiary/aromatic N) is 4. The topological polar surface area (TPSA) is 81.0 Å². The molecule has 162 valence electrons. The Morgan fingerprint density at radius 1 is 1.23 bits per heavy atom. The third-order valence-corrected chi connectivity index (χ3v) is 6.16. The zero-order valence-corrected chi connectivity index (χ0v) is 17.9. The largest absolute Gasteiger partial charge is 0.473 e. The number of ether oxygens (including phenoxy) is 2. The highest BCUT2D eigenvalue weighted by molar-refractivity contribution is 5.78. The number of hydrogen-bond donors (Lipinski definition) is 1. The van der Waals surface area contributed by atoms with Crippen molar-refractivity contribution in [3.8, 4) is 17.1 Å². The van der Waals surface area contributed by atoms with Crippen LogP contribution in [0.5, 0.6) is 5.88 Å². The first-order valence-corrected chi connectivity index (χ1v) is 10.8. The third-order valence-electron chi connectivity index (χ3n) is 6.16. The van der Waals surface area contributed by atoms with Crippen molar-refractivity contribution in [2.24, 2.45) is 5.92 Å². The van der Waals surface area contributed by atoms with Crippen LogP contribution in [0.2, 0.25) is 0 Å². The lowest BCUT2D eigenvalue weighted by Gasteiger charge is -2.28. The fourth-order valence-corrected chi connectivity index (χ4v) is 4.24. The second-order valence-corrected chi connectivity index (χ2v) is 8.29. The molecule has 2 fully saturated rings. The third kappa shape index (κ3) is 3.95. The average molecular weight is 422 g/mol. The Morgan fingerprint density at radius 2 is 2.00 bits per heavy atom. The summed E-state index contributed by atoms with van der Waals surface area (Å²) in [6.45, 7) is 7.98. The van der Waals surface area contributed by atoms with E-state index >= 15 is 0 Å². The molecule has 2 saturated heterocycles. The zero-order valence-electron chi connectivity index (χ0n) is 17.9. The summed E-state index contributed by atoms with van der Waals surface area (Å²) in [5.41, 5.74) is 4.85. The summed E-state index contributed by atoms with van der Waals surface area (Å²) >= 11 is 0. The van der Waals surface area contributed by atoms with E-state index in [0.717, 1.165) is 48.6 Å². The molecule has 1 N–H and O–H groups in total. The molecule has 31 heavy (non-hydrogen) atoms. The molecule has 2 aliphatic heterocycles. The van der Waals surface area contributed by atoms with E-state index in [-0.39, 0.29) is 17.9 Å². The van der Waals surface area contributed by atoms with E-state index in [9.17, 15) is 4.79 Å².